The van der Waals surface area contributed by atoms with Gasteiger partial charge in [-0.15, -0.1) is 0 Å². The minimum absolute atomic E-state index is 0.139. The van der Waals surface area contributed by atoms with Gasteiger partial charge in [0.25, 0.3) is 0 Å². The van der Waals surface area contributed by atoms with E-state index in [0.717, 1.165) is 5.56 Å². The van der Waals surface area contributed by atoms with Crippen LogP contribution in [0.25, 0.3) is 22.6 Å². The third-order valence-electron chi connectivity index (χ3n) is 2.92. The highest BCUT2D eigenvalue weighted by Crippen LogP contribution is 2.32. The van der Waals surface area contributed by atoms with Gasteiger partial charge in [0, 0.05) is 6.07 Å². The molecule has 0 aliphatic heterocycles. The molecule has 2 aromatic heterocycles. The Morgan fingerprint density at radius 3 is 2.90 bits per heavy atom. The van der Waals surface area contributed by atoms with Crippen molar-refractivity contribution in [1.29, 1.82) is 0 Å². The molecule has 0 spiro atoms. The van der Waals surface area contributed by atoms with Crippen molar-refractivity contribution >= 4 is 11.2 Å². The third-order valence-corrected chi connectivity index (χ3v) is 2.92. The molecule has 7 nitrogen and oxygen atoms in total. The van der Waals surface area contributed by atoms with Gasteiger partial charge in [0.15, 0.2) is 5.65 Å². The van der Waals surface area contributed by atoms with Crippen molar-refractivity contribution in [1.82, 2.24) is 19.9 Å². The zero-order valence-corrected chi connectivity index (χ0v) is 11.6. The van der Waals surface area contributed by atoms with Gasteiger partial charge in [0.1, 0.15) is 22.8 Å². The van der Waals surface area contributed by atoms with Crippen LogP contribution in [0.1, 0.15) is 6.92 Å². The van der Waals surface area contributed by atoms with Crippen LogP contribution in [0.3, 0.4) is 0 Å². The number of hydrogen-bond donors (Lipinski definition) is 2. The molecule has 0 aliphatic rings. The van der Waals surface area contributed by atoms with Crippen LogP contribution in [0, 0.1) is 0 Å². The third kappa shape index (κ3) is 2.45. The van der Waals surface area contributed by atoms with Crippen LogP contribution >= 0.6 is 0 Å². The molecule has 2 N–H and O–H groups in total. The number of nitrogens with one attached hydrogen (secondary N) is 1. The van der Waals surface area contributed by atoms with E-state index in [9.17, 15) is 5.11 Å². The second-order valence-electron chi connectivity index (χ2n) is 4.29. The maximum Gasteiger partial charge on any atom is 0.318 e. The van der Waals surface area contributed by atoms with Crippen LogP contribution in [0.15, 0.2) is 24.4 Å². The van der Waals surface area contributed by atoms with Crippen molar-refractivity contribution in [3.63, 3.8) is 0 Å². The summed E-state index contributed by atoms with van der Waals surface area (Å²) in [7, 11) is 1.51. The Morgan fingerprint density at radius 1 is 1.29 bits per heavy atom. The summed E-state index contributed by atoms with van der Waals surface area (Å²) in [5.41, 5.74) is 1.94. The maximum absolute atomic E-state index is 9.57. The Balaban J connectivity index is 2.11. The van der Waals surface area contributed by atoms with Crippen molar-refractivity contribution in [2.24, 2.45) is 0 Å². The van der Waals surface area contributed by atoms with Gasteiger partial charge in [0.2, 0.25) is 0 Å². The van der Waals surface area contributed by atoms with Gasteiger partial charge in [-0.3, -0.25) is 0 Å². The smallest absolute Gasteiger partial charge is 0.318 e. The van der Waals surface area contributed by atoms with Gasteiger partial charge in [-0.05, 0) is 19.1 Å². The number of aromatic nitrogens is 4. The van der Waals surface area contributed by atoms with E-state index in [1.807, 2.05) is 6.92 Å². The lowest BCUT2D eigenvalue weighted by Gasteiger charge is -2.08. The Hall–Kier alpha value is -2.83. The molecule has 0 radical (unpaired) electrons. The molecule has 0 unspecified atom stereocenters. The van der Waals surface area contributed by atoms with Crippen molar-refractivity contribution < 1.29 is 14.6 Å². The van der Waals surface area contributed by atoms with Crippen LogP contribution in [0.4, 0.5) is 0 Å². The normalized spacial score (nSPS) is 10.8. The van der Waals surface area contributed by atoms with E-state index >= 15 is 0 Å². The van der Waals surface area contributed by atoms with E-state index in [2.05, 4.69) is 19.9 Å². The van der Waals surface area contributed by atoms with Crippen LogP contribution in [-0.4, -0.2) is 38.8 Å². The Bertz CT molecular complexity index is 785. The van der Waals surface area contributed by atoms with Gasteiger partial charge in [-0.2, -0.15) is 4.98 Å². The molecular weight excluding hydrogens is 272 g/mol. The Kier molecular flexibility index (Phi) is 3.31. The highest BCUT2D eigenvalue weighted by Gasteiger charge is 2.13. The number of phenols is 1. The zero-order chi connectivity index (χ0) is 14.8. The Morgan fingerprint density at radius 2 is 2.14 bits per heavy atom. The summed E-state index contributed by atoms with van der Waals surface area (Å²) in [5, 5.41) is 9.57. The fourth-order valence-electron chi connectivity index (χ4n) is 2.00. The van der Waals surface area contributed by atoms with E-state index in [1.54, 1.807) is 24.4 Å². The summed E-state index contributed by atoms with van der Waals surface area (Å²) < 4.78 is 10.5. The van der Waals surface area contributed by atoms with Crippen molar-refractivity contribution in [3.05, 3.63) is 24.4 Å². The molecule has 0 bridgehead atoms. The minimum Gasteiger partial charge on any atom is -0.508 e. The number of rotatable bonds is 4. The molecule has 0 fully saturated rings. The average Bonchev–Trinajstić information content (AvgIpc) is 2.90. The number of phenolic OH excluding ortho intramolecular Hbond substituents is 1. The number of H-pyrrole nitrogens is 1. The van der Waals surface area contributed by atoms with Crippen LogP contribution in [-0.2, 0) is 0 Å². The van der Waals surface area contributed by atoms with Crippen LogP contribution in [0.5, 0.6) is 17.5 Å². The number of aromatic amines is 1. The molecule has 21 heavy (non-hydrogen) atoms. The first-order valence-corrected chi connectivity index (χ1v) is 6.44. The quantitative estimate of drug-likeness (QED) is 0.763. The van der Waals surface area contributed by atoms with Gasteiger partial charge in [-0.25, -0.2) is 9.97 Å². The van der Waals surface area contributed by atoms with Crippen LogP contribution in [0.2, 0.25) is 0 Å². The van der Waals surface area contributed by atoms with E-state index in [0.29, 0.717) is 29.3 Å². The lowest BCUT2D eigenvalue weighted by Crippen LogP contribution is -1.94. The van der Waals surface area contributed by atoms with Crippen molar-refractivity contribution in [2.45, 2.75) is 6.92 Å². The number of methoxy groups -OCH3 is 1. The molecule has 108 valence electrons. The summed E-state index contributed by atoms with van der Waals surface area (Å²) in [6.45, 7) is 2.37. The zero-order valence-electron chi connectivity index (χ0n) is 11.6. The number of imidazole rings is 1. The minimum atomic E-state index is 0.139. The topological polar surface area (TPSA) is 93.2 Å². The number of benzene rings is 1. The van der Waals surface area contributed by atoms with E-state index in [1.165, 1.54) is 7.11 Å². The molecule has 7 heteroatoms. The summed E-state index contributed by atoms with van der Waals surface area (Å²) in [4.78, 5) is 15.7. The predicted molar refractivity (Wildman–Crippen MR) is 76.5 cm³/mol. The molecule has 0 atom stereocenters. The highest BCUT2D eigenvalue weighted by molar-refractivity contribution is 5.77. The number of hydrogen-bond acceptors (Lipinski definition) is 6. The molecule has 0 saturated carbocycles. The summed E-state index contributed by atoms with van der Waals surface area (Å²) in [6.07, 6.45) is 1.59. The first kappa shape index (κ1) is 13.2. The largest absolute Gasteiger partial charge is 0.508 e. The van der Waals surface area contributed by atoms with Crippen LogP contribution < -0.4 is 9.47 Å². The molecule has 3 rings (SSSR count). The number of nitrogens with zero attached hydrogens (tertiary/aromatic N) is 3. The number of ether oxygens (including phenoxy) is 2. The van der Waals surface area contributed by atoms with Gasteiger partial charge >= 0.3 is 6.01 Å². The fourth-order valence-corrected chi connectivity index (χ4v) is 2.00. The first-order chi connectivity index (χ1) is 10.2. The SMILES string of the molecule is CCOc1cc(O)ccc1-c1nc2cnc(OC)nc2[nH]1. The van der Waals surface area contributed by atoms with Crippen molar-refractivity contribution in [2.75, 3.05) is 13.7 Å². The van der Waals surface area contributed by atoms with E-state index < -0.39 is 0 Å². The van der Waals surface area contributed by atoms with Gasteiger partial charge in [0.05, 0.1) is 25.5 Å². The molecule has 2 heterocycles. The monoisotopic (exact) mass is 286 g/mol. The van der Waals surface area contributed by atoms with Gasteiger partial charge in [-0.1, -0.05) is 0 Å². The molecular formula is C14H14N4O3. The predicted octanol–water partition coefficient (Wildman–Crippen LogP) is 2.13. The van der Waals surface area contributed by atoms with E-state index in [-0.39, 0.29) is 11.8 Å². The number of aromatic hydroxyl groups is 1. The Labute approximate surface area is 120 Å². The van der Waals surface area contributed by atoms with Gasteiger partial charge < -0.3 is 19.6 Å². The average molecular weight is 286 g/mol. The molecule has 3 aromatic rings. The molecule has 0 amide bonds. The summed E-state index contributed by atoms with van der Waals surface area (Å²) >= 11 is 0. The molecule has 0 saturated heterocycles. The fraction of sp³-hybridized carbons (Fsp3) is 0.214. The first-order valence-electron chi connectivity index (χ1n) is 6.44. The lowest BCUT2D eigenvalue weighted by molar-refractivity contribution is 0.339. The number of fused-ring (bicyclic) bond motifs is 1. The maximum atomic E-state index is 9.57. The molecule has 1 aromatic carbocycles. The highest BCUT2D eigenvalue weighted by atomic mass is 16.5. The second-order valence-corrected chi connectivity index (χ2v) is 4.29. The lowest BCUT2D eigenvalue weighted by atomic mass is 10.2. The van der Waals surface area contributed by atoms with E-state index in [4.69, 9.17) is 9.47 Å². The standard InChI is InChI=1S/C14H14N4O3/c1-3-21-11-6-8(19)4-5-9(11)12-16-10-7-15-14(20-2)18-13(10)17-12/h4-7,19H,3H2,1-2H3,(H,15,16,17,18). The van der Waals surface area contributed by atoms with Crippen molar-refractivity contribution in [3.8, 4) is 28.9 Å². The second kappa shape index (κ2) is 5.28. The molecule has 0 aliphatic carbocycles. The summed E-state index contributed by atoms with van der Waals surface area (Å²) in [5.74, 6) is 1.28. The summed E-state index contributed by atoms with van der Waals surface area (Å²) in [6, 6.07) is 5.14.